The zero-order valence-electron chi connectivity index (χ0n) is 10.9. The lowest BCUT2D eigenvalue weighted by molar-refractivity contribution is 0.0938. The van der Waals surface area contributed by atoms with Gasteiger partial charge in [0.15, 0.2) is 0 Å². The lowest BCUT2D eigenvalue weighted by Crippen LogP contribution is -2.38. The van der Waals surface area contributed by atoms with Crippen LogP contribution in [0.25, 0.3) is 0 Å². The molecule has 0 aromatic heterocycles. The van der Waals surface area contributed by atoms with Gasteiger partial charge in [0.05, 0.1) is 5.02 Å². The topological polar surface area (TPSA) is 49.3 Å². The molecule has 2 N–H and O–H groups in total. The second-order valence-corrected chi connectivity index (χ2v) is 6.59. The Morgan fingerprint density at radius 2 is 2.32 bits per heavy atom. The van der Waals surface area contributed by atoms with Crippen LogP contribution in [0.1, 0.15) is 36.5 Å². The smallest absolute Gasteiger partial charge is 0.251 e. The Labute approximate surface area is 122 Å². The molecule has 19 heavy (non-hydrogen) atoms. The van der Waals surface area contributed by atoms with Crippen LogP contribution >= 0.6 is 23.4 Å². The molecule has 1 amide bonds. The number of phenols is 1. The summed E-state index contributed by atoms with van der Waals surface area (Å²) in [6, 6.07) is 4.78. The molecule has 5 heteroatoms. The van der Waals surface area contributed by atoms with Crippen LogP contribution in [-0.2, 0) is 0 Å². The van der Waals surface area contributed by atoms with Crippen molar-refractivity contribution in [1.29, 1.82) is 0 Å². The van der Waals surface area contributed by atoms with Gasteiger partial charge < -0.3 is 10.4 Å². The number of carbonyl (C=O) groups is 1. The molecule has 0 bridgehead atoms. The highest BCUT2D eigenvalue weighted by atomic mass is 35.5. The molecule has 1 aromatic carbocycles. The van der Waals surface area contributed by atoms with E-state index >= 15 is 0 Å². The van der Waals surface area contributed by atoms with Gasteiger partial charge in [-0.25, -0.2) is 0 Å². The van der Waals surface area contributed by atoms with Crippen LogP contribution in [0.5, 0.6) is 5.75 Å². The van der Waals surface area contributed by atoms with Gasteiger partial charge in [-0.3, -0.25) is 4.79 Å². The van der Waals surface area contributed by atoms with E-state index < -0.39 is 0 Å². The molecule has 0 radical (unpaired) electrons. The van der Waals surface area contributed by atoms with Gasteiger partial charge in [-0.1, -0.05) is 24.9 Å². The standard InChI is InChI=1S/C14H18ClNO2S/c1-2-19-13-5-3-4-11(13)16-14(18)9-6-7-12(17)10(15)8-9/h6-8,11,13,17H,2-5H2,1H3,(H,16,18). The van der Waals surface area contributed by atoms with Crippen molar-refractivity contribution in [2.75, 3.05) is 5.75 Å². The van der Waals surface area contributed by atoms with E-state index in [1.807, 2.05) is 11.8 Å². The number of benzene rings is 1. The molecule has 1 aromatic rings. The number of halogens is 1. The average Bonchev–Trinajstić information content (AvgIpc) is 2.80. The summed E-state index contributed by atoms with van der Waals surface area (Å²) in [7, 11) is 0. The molecular formula is C14H18ClNO2S. The van der Waals surface area contributed by atoms with E-state index in [2.05, 4.69) is 12.2 Å². The van der Waals surface area contributed by atoms with Crippen LogP contribution in [0.15, 0.2) is 18.2 Å². The molecular weight excluding hydrogens is 282 g/mol. The third-order valence-corrected chi connectivity index (χ3v) is 4.99. The monoisotopic (exact) mass is 299 g/mol. The zero-order valence-corrected chi connectivity index (χ0v) is 12.4. The molecule has 1 saturated carbocycles. The maximum absolute atomic E-state index is 12.2. The second kappa shape index (κ2) is 6.53. The Morgan fingerprint density at radius 3 is 3.00 bits per heavy atom. The molecule has 0 aliphatic heterocycles. The van der Waals surface area contributed by atoms with Gasteiger partial charge in [-0.15, -0.1) is 0 Å². The van der Waals surface area contributed by atoms with Gasteiger partial charge in [0.25, 0.3) is 5.91 Å². The number of aromatic hydroxyl groups is 1. The minimum Gasteiger partial charge on any atom is -0.506 e. The summed E-state index contributed by atoms with van der Waals surface area (Å²) in [5.74, 6) is 0.955. The lowest BCUT2D eigenvalue weighted by Gasteiger charge is -2.20. The normalized spacial score (nSPS) is 22.4. The van der Waals surface area contributed by atoms with E-state index in [0.29, 0.717) is 10.8 Å². The van der Waals surface area contributed by atoms with Crippen LogP contribution < -0.4 is 5.32 Å². The molecule has 0 heterocycles. The molecule has 0 spiro atoms. The molecule has 1 fully saturated rings. The summed E-state index contributed by atoms with van der Waals surface area (Å²) in [6.07, 6.45) is 3.37. The molecule has 0 saturated heterocycles. The predicted octanol–water partition coefficient (Wildman–Crippen LogP) is 3.45. The first-order valence-electron chi connectivity index (χ1n) is 6.52. The first-order chi connectivity index (χ1) is 9.11. The van der Waals surface area contributed by atoms with Gasteiger partial charge in [-0.2, -0.15) is 11.8 Å². The maximum Gasteiger partial charge on any atom is 0.251 e. The van der Waals surface area contributed by atoms with Crippen molar-refractivity contribution in [1.82, 2.24) is 5.32 Å². The number of carbonyl (C=O) groups excluding carboxylic acids is 1. The maximum atomic E-state index is 12.2. The van der Waals surface area contributed by atoms with E-state index in [1.165, 1.54) is 25.0 Å². The van der Waals surface area contributed by atoms with Crippen molar-refractivity contribution >= 4 is 29.3 Å². The molecule has 2 rings (SSSR count). The molecule has 1 aliphatic rings. The predicted molar refractivity (Wildman–Crippen MR) is 80.1 cm³/mol. The highest BCUT2D eigenvalue weighted by Crippen LogP contribution is 2.30. The summed E-state index contributed by atoms with van der Waals surface area (Å²) in [5.41, 5.74) is 0.495. The third-order valence-electron chi connectivity index (χ3n) is 3.36. The van der Waals surface area contributed by atoms with Gasteiger partial charge in [0, 0.05) is 16.9 Å². The van der Waals surface area contributed by atoms with Crippen LogP contribution in [0.3, 0.4) is 0 Å². The highest BCUT2D eigenvalue weighted by molar-refractivity contribution is 7.99. The largest absolute Gasteiger partial charge is 0.506 e. The fourth-order valence-corrected chi connectivity index (χ4v) is 3.78. The lowest BCUT2D eigenvalue weighted by atomic mass is 10.1. The van der Waals surface area contributed by atoms with Crippen LogP contribution in [-0.4, -0.2) is 28.1 Å². The summed E-state index contributed by atoms with van der Waals surface area (Å²) in [5, 5.41) is 13.2. The number of rotatable bonds is 4. The summed E-state index contributed by atoms with van der Waals surface area (Å²) >= 11 is 7.73. The Bertz CT molecular complexity index is 467. The Hall–Kier alpha value is -0.870. The first-order valence-corrected chi connectivity index (χ1v) is 7.95. The number of hydrogen-bond donors (Lipinski definition) is 2. The zero-order chi connectivity index (χ0) is 13.8. The average molecular weight is 300 g/mol. The number of hydrogen-bond acceptors (Lipinski definition) is 3. The van der Waals surface area contributed by atoms with Crippen LogP contribution in [0.2, 0.25) is 5.02 Å². The third kappa shape index (κ3) is 3.57. The van der Waals surface area contributed by atoms with Crippen molar-refractivity contribution in [2.45, 2.75) is 37.5 Å². The van der Waals surface area contributed by atoms with Crippen molar-refractivity contribution in [3.63, 3.8) is 0 Å². The Balaban J connectivity index is 2.02. The van der Waals surface area contributed by atoms with Crippen molar-refractivity contribution < 1.29 is 9.90 Å². The van der Waals surface area contributed by atoms with Gasteiger partial charge >= 0.3 is 0 Å². The number of phenolic OH excluding ortho intramolecular Hbond substituents is 1. The van der Waals surface area contributed by atoms with E-state index in [9.17, 15) is 9.90 Å². The molecule has 104 valence electrons. The van der Waals surface area contributed by atoms with Crippen LogP contribution in [0, 0.1) is 0 Å². The first kappa shape index (κ1) is 14.5. The summed E-state index contributed by atoms with van der Waals surface area (Å²) in [6.45, 7) is 2.14. The number of amides is 1. The van der Waals surface area contributed by atoms with Gasteiger partial charge in [0.2, 0.25) is 0 Å². The Morgan fingerprint density at radius 1 is 1.53 bits per heavy atom. The number of nitrogens with one attached hydrogen (secondary N) is 1. The quantitative estimate of drug-likeness (QED) is 0.895. The second-order valence-electron chi connectivity index (χ2n) is 4.67. The minimum atomic E-state index is -0.115. The van der Waals surface area contributed by atoms with E-state index in [0.717, 1.165) is 12.2 Å². The fourth-order valence-electron chi connectivity index (χ4n) is 2.40. The summed E-state index contributed by atoms with van der Waals surface area (Å²) in [4.78, 5) is 12.2. The van der Waals surface area contributed by atoms with E-state index in [-0.39, 0.29) is 22.7 Å². The fraction of sp³-hybridized carbons (Fsp3) is 0.500. The number of thioether (sulfide) groups is 1. The minimum absolute atomic E-state index is 0.00139. The van der Waals surface area contributed by atoms with Crippen molar-refractivity contribution in [2.24, 2.45) is 0 Å². The van der Waals surface area contributed by atoms with Gasteiger partial charge in [-0.05, 0) is 36.8 Å². The van der Waals surface area contributed by atoms with Gasteiger partial charge in [0.1, 0.15) is 5.75 Å². The molecule has 2 atom stereocenters. The van der Waals surface area contributed by atoms with E-state index in [1.54, 1.807) is 6.07 Å². The molecule has 3 nitrogen and oxygen atoms in total. The SMILES string of the molecule is CCSC1CCCC1NC(=O)c1ccc(O)c(Cl)c1. The summed E-state index contributed by atoms with van der Waals surface area (Å²) < 4.78 is 0. The van der Waals surface area contributed by atoms with Crippen molar-refractivity contribution in [3.8, 4) is 5.75 Å². The Kier molecular flexibility index (Phi) is 4.99. The van der Waals surface area contributed by atoms with E-state index in [4.69, 9.17) is 11.6 Å². The highest BCUT2D eigenvalue weighted by Gasteiger charge is 2.28. The molecule has 2 unspecified atom stereocenters. The molecule has 1 aliphatic carbocycles. The van der Waals surface area contributed by atoms with Crippen molar-refractivity contribution in [3.05, 3.63) is 28.8 Å². The van der Waals surface area contributed by atoms with Crippen LogP contribution in [0.4, 0.5) is 0 Å².